The maximum absolute atomic E-state index is 10.8. The maximum atomic E-state index is 10.8. The van der Waals surface area contributed by atoms with Crippen LogP contribution >= 0.6 is 28.1 Å². The largest absolute Gasteiger partial charge is 0.573 e. The summed E-state index contributed by atoms with van der Waals surface area (Å²) >= 11 is 4.37. The first-order chi connectivity index (χ1) is 7.18. The molecule has 0 spiro atoms. The normalized spacial score (nSPS) is 23.5. The topological polar surface area (TPSA) is 97.6 Å². The van der Waals surface area contributed by atoms with Crippen molar-refractivity contribution in [3.8, 4) is 0 Å². The Morgan fingerprint density at radius 3 is 2.38 bits per heavy atom. The lowest BCUT2D eigenvalue weighted by Crippen LogP contribution is -2.31. The van der Waals surface area contributed by atoms with Gasteiger partial charge in [-0.3, -0.25) is 0 Å². The Morgan fingerprint density at radius 2 is 2.00 bits per heavy atom. The van der Waals surface area contributed by atoms with E-state index in [1.807, 2.05) is 19.0 Å². The van der Waals surface area contributed by atoms with Crippen LogP contribution in [0.1, 0.15) is 13.8 Å². The SMILES string of the molecule is CC1(C)CO[P+](N=C=S)(OP(=O)(O)O)OC1. The van der Waals surface area contributed by atoms with Gasteiger partial charge in [0.15, 0.2) is 0 Å². The van der Waals surface area contributed by atoms with Crippen LogP contribution in [-0.4, -0.2) is 28.2 Å². The van der Waals surface area contributed by atoms with Gasteiger partial charge in [-0.1, -0.05) is 13.8 Å². The summed E-state index contributed by atoms with van der Waals surface area (Å²) in [5.74, 6) is 0. The van der Waals surface area contributed by atoms with Crippen LogP contribution in [0.15, 0.2) is 4.76 Å². The van der Waals surface area contributed by atoms with Crippen LogP contribution in [0.4, 0.5) is 0 Å². The average Bonchev–Trinajstić information content (AvgIpc) is 2.09. The third-order valence-electron chi connectivity index (χ3n) is 1.61. The van der Waals surface area contributed by atoms with Crippen LogP contribution in [0, 0.1) is 5.41 Å². The van der Waals surface area contributed by atoms with E-state index in [-0.39, 0.29) is 18.6 Å². The minimum atomic E-state index is -4.75. The molecule has 0 atom stereocenters. The minimum Gasteiger partial charge on any atom is -0.300 e. The van der Waals surface area contributed by atoms with Crippen molar-refractivity contribution in [1.82, 2.24) is 0 Å². The van der Waals surface area contributed by atoms with E-state index in [1.165, 1.54) is 0 Å². The Hall–Kier alpha value is 0.260. The Bertz CT molecular complexity index is 352. The van der Waals surface area contributed by atoms with Crippen LogP contribution in [0.2, 0.25) is 0 Å². The van der Waals surface area contributed by atoms with E-state index in [1.54, 1.807) is 0 Å². The molecule has 0 amide bonds. The summed E-state index contributed by atoms with van der Waals surface area (Å²) in [5.41, 5.74) is -0.265. The Kier molecular flexibility index (Phi) is 4.35. The molecular formula is C6H12NO6P2S+. The highest BCUT2D eigenvalue weighted by Gasteiger charge is 2.58. The van der Waals surface area contributed by atoms with Crippen molar-refractivity contribution in [2.24, 2.45) is 10.2 Å². The zero-order valence-corrected chi connectivity index (χ0v) is 11.3. The van der Waals surface area contributed by atoms with Crippen LogP contribution in [0.5, 0.6) is 0 Å². The zero-order chi connectivity index (χ0) is 12.4. The predicted octanol–water partition coefficient (Wildman–Crippen LogP) is 1.95. The van der Waals surface area contributed by atoms with Gasteiger partial charge < -0.3 is 9.79 Å². The fourth-order valence-electron chi connectivity index (χ4n) is 0.899. The van der Waals surface area contributed by atoms with E-state index in [0.717, 1.165) is 0 Å². The lowest BCUT2D eigenvalue weighted by atomic mass is 9.97. The van der Waals surface area contributed by atoms with Gasteiger partial charge in [0, 0.05) is 10.2 Å². The number of isothiocyanates is 1. The molecule has 1 heterocycles. The molecule has 0 aromatic rings. The van der Waals surface area contributed by atoms with Crippen molar-refractivity contribution in [2.75, 3.05) is 13.2 Å². The molecule has 0 radical (unpaired) electrons. The lowest BCUT2D eigenvalue weighted by molar-refractivity contribution is 0.0255. The molecule has 1 fully saturated rings. The van der Waals surface area contributed by atoms with Gasteiger partial charge in [0.05, 0.1) is 0 Å². The molecule has 0 aliphatic carbocycles. The van der Waals surface area contributed by atoms with Crippen molar-refractivity contribution >= 4 is 33.3 Å². The molecule has 2 N–H and O–H groups in total. The second-order valence-electron chi connectivity index (χ2n) is 3.94. The van der Waals surface area contributed by atoms with Crippen molar-refractivity contribution in [3.05, 3.63) is 0 Å². The minimum absolute atomic E-state index is 0.210. The average molecular weight is 288 g/mol. The smallest absolute Gasteiger partial charge is 0.300 e. The molecule has 1 aliphatic rings. The monoisotopic (exact) mass is 288 g/mol. The summed E-state index contributed by atoms with van der Waals surface area (Å²) < 4.78 is 29.0. The third-order valence-corrected chi connectivity index (χ3v) is 4.77. The first-order valence-electron chi connectivity index (χ1n) is 4.23. The quantitative estimate of drug-likeness (QED) is 0.465. The number of hydrogen-bond acceptors (Lipinski definition) is 6. The summed E-state index contributed by atoms with van der Waals surface area (Å²) in [5, 5.41) is 1.97. The third kappa shape index (κ3) is 4.26. The molecule has 1 aliphatic heterocycles. The van der Waals surface area contributed by atoms with Gasteiger partial charge in [-0.05, 0) is 16.5 Å². The van der Waals surface area contributed by atoms with E-state index < -0.39 is 15.9 Å². The molecule has 0 aromatic heterocycles. The first-order valence-corrected chi connectivity index (χ1v) is 7.66. The second kappa shape index (κ2) is 4.86. The molecule has 16 heavy (non-hydrogen) atoms. The number of nitrogens with zero attached hydrogens (tertiary/aromatic N) is 1. The van der Waals surface area contributed by atoms with Gasteiger partial charge in [-0.25, -0.2) is 4.57 Å². The molecule has 1 saturated heterocycles. The second-order valence-corrected chi connectivity index (χ2v) is 7.41. The fraction of sp³-hybridized carbons (Fsp3) is 0.833. The van der Waals surface area contributed by atoms with Crippen molar-refractivity contribution in [1.29, 1.82) is 0 Å². The van der Waals surface area contributed by atoms with Gasteiger partial charge in [0.1, 0.15) is 18.4 Å². The molecule has 7 nitrogen and oxygen atoms in total. The van der Waals surface area contributed by atoms with Gasteiger partial charge in [0.2, 0.25) is 0 Å². The van der Waals surface area contributed by atoms with E-state index in [9.17, 15) is 4.57 Å². The van der Waals surface area contributed by atoms with Crippen molar-refractivity contribution in [2.45, 2.75) is 13.8 Å². The molecule has 0 bridgehead atoms. The van der Waals surface area contributed by atoms with Crippen LogP contribution < -0.4 is 0 Å². The molecule has 10 heteroatoms. The Morgan fingerprint density at radius 1 is 1.50 bits per heavy atom. The highest BCUT2D eigenvalue weighted by molar-refractivity contribution is 7.79. The predicted molar refractivity (Wildman–Crippen MR) is 60.8 cm³/mol. The highest BCUT2D eigenvalue weighted by Crippen LogP contribution is 2.73. The number of hydrogen-bond donors (Lipinski definition) is 2. The summed E-state index contributed by atoms with van der Waals surface area (Å²) in [7, 11) is -8.20. The summed E-state index contributed by atoms with van der Waals surface area (Å²) in [4.78, 5) is 17.5. The molecule has 0 unspecified atom stereocenters. The zero-order valence-electron chi connectivity index (χ0n) is 8.69. The van der Waals surface area contributed by atoms with Crippen LogP contribution in [0.3, 0.4) is 0 Å². The van der Waals surface area contributed by atoms with E-state index >= 15 is 0 Å². The summed E-state index contributed by atoms with van der Waals surface area (Å²) in [6.07, 6.45) is 0. The van der Waals surface area contributed by atoms with Crippen molar-refractivity contribution < 1.29 is 27.7 Å². The summed E-state index contributed by atoms with van der Waals surface area (Å²) in [6, 6.07) is 0. The molecule has 1 rings (SSSR count). The number of rotatable bonds is 3. The van der Waals surface area contributed by atoms with Gasteiger partial charge >= 0.3 is 15.9 Å². The fourth-order valence-corrected chi connectivity index (χ4v) is 4.11. The van der Waals surface area contributed by atoms with Crippen LogP contribution in [-0.2, 0) is 17.9 Å². The van der Waals surface area contributed by atoms with Crippen LogP contribution in [0.25, 0.3) is 0 Å². The number of phosphoric acid groups is 1. The van der Waals surface area contributed by atoms with Gasteiger partial charge in [-0.2, -0.15) is 9.05 Å². The standard InChI is InChI=1S/C6H11NO6P2S/c1-6(2)3-11-14(7-5-16,12-4-6)13-15(8,9)10/h3-4H2,1-2H3,(H-,8,9,10)/p+1. The highest BCUT2D eigenvalue weighted by atomic mass is 32.1. The first kappa shape index (κ1) is 14.3. The molecular weight excluding hydrogens is 276 g/mol. The van der Waals surface area contributed by atoms with E-state index in [0.29, 0.717) is 0 Å². The van der Waals surface area contributed by atoms with Gasteiger partial charge in [0.25, 0.3) is 0 Å². The molecule has 0 aromatic carbocycles. The van der Waals surface area contributed by atoms with E-state index in [4.69, 9.17) is 18.8 Å². The van der Waals surface area contributed by atoms with E-state index in [2.05, 4.69) is 21.3 Å². The molecule has 92 valence electrons. The molecule has 0 saturated carbocycles. The summed E-state index contributed by atoms with van der Waals surface area (Å²) in [6.45, 7) is 4.17. The van der Waals surface area contributed by atoms with Crippen molar-refractivity contribution in [3.63, 3.8) is 0 Å². The Labute approximate surface area is 98.7 Å². The lowest BCUT2D eigenvalue weighted by Gasteiger charge is -2.29. The maximum Gasteiger partial charge on any atom is 0.573 e. The van der Waals surface area contributed by atoms with Gasteiger partial charge in [-0.15, -0.1) is 0 Å². The Balaban J connectivity index is 2.85. The number of thiocarbonyl (C=S) groups is 1.